The molecule has 1 aromatic heterocycles. The van der Waals surface area contributed by atoms with E-state index < -0.39 is 12.0 Å². The van der Waals surface area contributed by atoms with Crippen LogP contribution in [0.2, 0.25) is 0 Å². The number of hydrogen-bond donors (Lipinski definition) is 1. The van der Waals surface area contributed by atoms with Crippen molar-refractivity contribution in [2.24, 2.45) is 5.73 Å². The van der Waals surface area contributed by atoms with Crippen molar-refractivity contribution < 1.29 is 14.3 Å². The second-order valence-electron chi connectivity index (χ2n) is 7.81. The number of rotatable bonds is 4. The third-order valence-electron chi connectivity index (χ3n) is 5.91. The van der Waals surface area contributed by atoms with Crippen LogP contribution in [0.5, 0.6) is 5.75 Å². The molecule has 2 aliphatic heterocycles. The van der Waals surface area contributed by atoms with Crippen LogP contribution in [0.3, 0.4) is 0 Å². The minimum Gasteiger partial charge on any atom is -0.477 e. The number of hydrogen-bond acceptors (Lipinski definition) is 5. The summed E-state index contributed by atoms with van der Waals surface area (Å²) < 4.78 is 5.71. The van der Waals surface area contributed by atoms with Gasteiger partial charge in [0.05, 0.1) is 24.8 Å². The van der Waals surface area contributed by atoms with Crippen LogP contribution < -0.4 is 15.4 Å². The number of ether oxygens (including phenoxy) is 1. The van der Waals surface area contributed by atoms with E-state index in [9.17, 15) is 9.59 Å². The molecule has 2 atom stereocenters. The van der Waals surface area contributed by atoms with Crippen LogP contribution >= 0.6 is 11.3 Å². The second kappa shape index (κ2) is 8.17. The van der Waals surface area contributed by atoms with E-state index in [1.165, 1.54) is 16.0 Å². The molecular weight excluding hydrogens is 410 g/mol. The Morgan fingerprint density at radius 3 is 2.65 bits per heavy atom. The van der Waals surface area contributed by atoms with Crippen molar-refractivity contribution in [1.82, 2.24) is 4.90 Å². The first-order valence-corrected chi connectivity index (χ1v) is 11.2. The molecule has 2 N–H and O–H groups in total. The van der Waals surface area contributed by atoms with Gasteiger partial charge in [0.2, 0.25) is 5.91 Å². The Morgan fingerprint density at radius 1 is 1.06 bits per heavy atom. The molecule has 0 unspecified atom stereocenters. The second-order valence-corrected chi connectivity index (χ2v) is 8.81. The average molecular weight is 434 g/mol. The summed E-state index contributed by atoms with van der Waals surface area (Å²) in [6.07, 6.45) is 0.0707. The molecule has 3 heterocycles. The van der Waals surface area contributed by atoms with Crippen molar-refractivity contribution in [1.29, 1.82) is 0 Å². The molecular formula is C24H23N3O3S. The Kier molecular flexibility index (Phi) is 5.21. The van der Waals surface area contributed by atoms with Gasteiger partial charge >= 0.3 is 0 Å². The topological polar surface area (TPSA) is 75.9 Å². The number of fused-ring (bicyclic) bond motifs is 2. The highest BCUT2D eigenvalue weighted by molar-refractivity contribution is 7.10. The van der Waals surface area contributed by atoms with Crippen molar-refractivity contribution in [2.45, 2.75) is 18.6 Å². The highest BCUT2D eigenvalue weighted by atomic mass is 32.1. The number of para-hydroxylation sites is 2. The Hall–Kier alpha value is -3.16. The molecule has 3 aromatic rings. The zero-order valence-electron chi connectivity index (χ0n) is 16.9. The van der Waals surface area contributed by atoms with Crippen LogP contribution in [0.25, 0.3) is 0 Å². The zero-order valence-corrected chi connectivity index (χ0v) is 17.8. The first kappa shape index (κ1) is 19.8. The van der Waals surface area contributed by atoms with Gasteiger partial charge in [0.25, 0.3) is 5.91 Å². The molecule has 6 nitrogen and oxygen atoms in total. The third-order valence-corrected chi connectivity index (χ3v) is 6.91. The summed E-state index contributed by atoms with van der Waals surface area (Å²) in [5.41, 5.74) is 8.62. The standard InChI is InChI=1S/C24H23N3O3S/c25-24(29)20-14-27(18-8-4-5-9-19(18)30-20)22(28)15-26-12-10-21-17(11-13-31-21)23(26)16-6-2-1-3-7-16/h1-9,11,13,20,23H,10,12,14-15H2,(H2,25,29)/t20-,23-/m1/s1. The van der Waals surface area contributed by atoms with Gasteiger partial charge in [-0.1, -0.05) is 42.5 Å². The normalized spacial score (nSPS) is 20.5. The molecule has 31 heavy (non-hydrogen) atoms. The van der Waals surface area contributed by atoms with E-state index >= 15 is 0 Å². The Balaban J connectivity index is 1.45. The van der Waals surface area contributed by atoms with Gasteiger partial charge in [-0.05, 0) is 41.1 Å². The summed E-state index contributed by atoms with van der Waals surface area (Å²) in [4.78, 5) is 30.6. The quantitative estimate of drug-likeness (QED) is 0.686. The summed E-state index contributed by atoms with van der Waals surface area (Å²) in [5, 5.41) is 2.13. The molecule has 158 valence electrons. The minimum absolute atomic E-state index is 0.0309. The zero-order chi connectivity index (χ0) is 21.4. The number of amides is 2. The van der Waals surface area contributed by atoms with Gasteiger partial charge in [0.15, 0.2) is 6.10 Å². The van der Waals surface area contributed by atoms with E-state index in [1.807, 2.05) is 36.4 Å². The minimum atomic E-state index is -0.853. The molecule has 0 bridgehead atoms. The van der Waals surface area contributed by atoms with Crippen molar-refractivity contribution in [3.63, 3.8) is 0 Å². The van der Waals surface area contributed by atoms with Crippen molar-refractivity contribution in [3.8, 4) is 5.75 Å². The molecule has 2 aliphatic rings. The van der Waals surface area contributed by atoms with Gasteiger partial charge < -0.3 is 15.4 Å². The average Bonchev–Trinajstić information content (AvgIpc) is 3.27. The third kappa shape index (κ3) is 3.71. The predicted molar refractivity (Wildman–Crippen MR) is 120 cm³/mol. The maximum Gasteiger partial charge on any atom is 0.260 e. The number of benzene rings is 2. The molecule has 2 amide bonds. The van der Waals surface area contributed by atoms with E-state index in [1.54, 1.807) is 22.3 Å². The summed E-state index contributed by atoms with van der Waals surface area (Å²) in [6.45, 7) is 1.16. The summed E-state index contributed by atoms with van der Waals surface area (Å²) in [6, 6.07) is 19.8. The number of carbonyl (C=O) groups excluding carboxylic acids is 2. The fourth-order valence-corrected chi connectivity index (χ4v) is 5.35. The number of nitrogens with two attached hydrogens (primary N) is 1. The van der Waals surface area contributed by atoms with Gasteiger partial charge in [-0.3, -0.25) is 14.5 Å². The molecule has 5 rings (SSSR count). The predicted octanol–water partition coefficient (Wildman–Crippen LogP) is 2.98. The molecule has 2 aromatic carbocycles. The number of thiophene rings is 1. The highest BCUT2D eigenvalue weighted by Crippen LogP contribution is 2.38. The maximum absolute atomic E-state index is 13.5. The van der Waals surface area contributed by atoms with E-state index in [0.29, 0.717) is 11.4 Å². The van der Waals surface area contributed by atoms with Gasteiger partial charge in [0, 0.05) is 11.4 Å². The van der Waals surface area contributed by atoms with Crippen LogP contribution in [0.1, 0.15) is 22.0 Å². The van der Waals surface area contributed by atoms with Crippen molar-refractivity contribution >= 4 is 28.8 Å². The summed E-state index contributed by atoms with van der Waals surface area (Å²) in [7, 11) is 0. The number of nitrogens with zero attached hydrogens (tertiary/aromatic N) is 2. The van der Waals surface area contributed by atoms with Crippen LogP contribution in [0.4, 0.5) is 5.69 Å². The molecule has 0 radical (unpaired) electrons. The fourth-order valence-electron chi connectivity index (χ4n) is 4.44. The smallest absolute Gasteiger partial charge is 0.260 e. The van der Waals surface area contributed by atoms with E-state index in [-0.39, 0.29) is 25.0 Å². The molecule has 7 heteroatoms. The van der Waals surface area contributed by atoms with Crippen molar-refractivity contribution in [2.75, 3.05) is 24.5 Å². The van der Waals surface area contributed by atoms with E-state index in [0.717, 1.165) is 13.0 Å². The molecule has 0 saturated heterocycles. The van der Waals surface area contributed by atoms with Gasteiger partial charge in [-0.2, -0.15) is 0 Å². The lowest BCUT2D eigenvalue weighted by Gasteiger charge is -2.38. The molecule has 0 saturated carbocycles. The van der Waals surface area contributed by atoms with E-state index in [4.69, 9.17) is 10.5 Å². The largest absolute Gasteiger partial charge is 0.477 e. The van der Waals surface area contributed by atoms with Crippen molar-refractivity contribution in [3.05, 3.63) is 82.0 Å². The van der Waals surface area contributed by atoms with Crippen LogP contribution in [0.15, 0.2) is 66.0 Å². The Bertz CT molecular complexity index is 1110. The summed E-state index contributed by atoms with van der Waals surface area (Å²) >= 11 is 1.78. The van der Waals surface area contributed by atoms with Crippen LogP contribution in [-0.2, 0) is 16.0 Å². The maximum atomic E-state index is 13.5. The molecule has 0 fully saturated rings. The number of carbonyl (C=O) groups is 2. The van der Waals surface area contributed by atoms with Gasteiger partial charge in [0.1, 0.15) is 5.75 Å². The molecule has 0 spiro atoms. The van der Waals surface area contributed by atoms with Crippen LogP contribution in [0, 0.1) is 0 Å². The van der Waals surface area contributed by atoms with Gasteiger partial charge in [-0.25, -0.2) is 0 Å². The molecule has 0 aliphatic carbocycles. The lowest BCUT2D eigenvalue weighted by Crippen LogP contribution is -2.52. The van der Waals surface area contributed by atoms with Gasteiger partial charge in [-0.15, -0.1) is 11.3 Å². The SMILES string of the molecule is NC(=O)[C@H]1CN(C(=O)CN2CCc3sccc3[C@H]2c2ccccc2)c2ccccc2O1. The number of primary amides is 1. The Labute approximate surface area is 184 Å². The van der Waals surface area contributed by atoms with Crippen LogP contribution in [-0.4, -0.2) is 42.5 Å². The monoisotopic (exact) mass is 433 g/mol. The first-order chi connectivity index (χ1) is 15.1. The Morgan fingerprint density at radius 2 is 1.84 bits per heavy atom. The lowest BCUT2D eigenvalue weighted by atomic mass is 9.93. The fraction of sp³-hybridized carbons (Fsp3) is 0.250. The van der Waals surface area contributed by atoms with E-state index in [2.05, 4.69) is 28.5 Å². The first-order valence-electron chi connectivity index (χ1n) is 10.3. The number of anilines is 1. The lowest BCUT2D eigenvalue weighted by molar-refractivity contribution is -0.125. The highest BCUT2D eigenvalue weighted by Gasteiger charge is 2.36. The summed E-state index contributed by atoms with van der Waals surface area (Å²) in [5.74, 6) is -0.138.